The van der Waals surface area contributed by atoms with Crippen molar-refractivity contribution in [2.75, 3.05) is 0 Å². The minimum absolute atomic E-state index is 0.106. The molecule has 0 saturated heterocycles. The predicted octanol–water partition coefficient (Wildman–Crippen LogP) is 6.44. The van der Waals surface area contributed by atoms with Crippen LogP contribution in [0.2, 0.25) is 0 Å². The summed E-state index contributed by atoms with van der Waals surface area (Å²) in [4.78, 5) is 16.8. The van der Waals surface area contributed by atoms with Crippen molar-refractivity contribution in [2.45, 2.75) is 45.5 Å². The van der Waals surface area contributed by atoms with E-state index >= 15 is 0 Å². The lowest BCUT2D eigenvalue weighted by molar-refractivity contribution is -0.138. The largest absolute Gasteiger partial charge is 0.490 e. The van der Waals surface area contributed by atoms with Gasteiger partial charge in [-0.1, -0.05) is 19.1 Å². The second-order valence-electron chi connectivity index (χ2n) is 8.01. The van der Waals surface area contributed by atoms with Crippen LogP contribution in [0.4, 0.5) is 13.2 Å². The van der Waals surface area contributed by atoms with E-state index < -0.39 is 17.7 Å². The molecule has 1 N–H and O–H groups in total. The number of carboxylic acid groups (broad SMARTS) is 1. The maximum atomic E-state index is 12.9. The van der Waals surface area contributed by atoms with Crippen LogP contribution in [0.5, 0.6) is 5.75 Å². The van der Waals surface area contributed by atoms with Gasteiger partial charge in [-0.05, 0) is 49.7 Å². The lowest BCUT2D eigenvalue weighted by Gasteiger charge is -2.14. The van der Waals surface area contributed by atoms with E-state index in [1.807, 2.05) is 38.1 Å². The molecule has 0 fully saturated rings. The van der Waals surface area contributed by atoms with Gasteiger partial charge in [0.1, 0.15) is 23.4 Å². The number of benzene rings is 2. The number of aromatic nitrogens is 2. The molecule has 178 valence electrons. The molecule has 4 aromatic rings. The highest BCUT2D eigenvalue weighted by Crippen LogP contribution is 2.34. The Labute approximate surface area is 198 Å². The SMILES string of the molecule is CCc1sc(-c2ccc(C(F)(F)F)cc2)nc1CC(C)Oc1ccc2c(ccn2CC(=O)O)c1. The Kier molecular flexibility index (Phi) is 6.65. The molecule has 9 heteroatoms. The summed E-state index contributed by atoms with van der Waals surface area (Å²) < 4.78 is 46.3. The molecule has 4 rings (SSSR count). The third kappa shape index (κ3) is 5.25. The summed E-state index contributed by atoms with van der Waals surface area (Å²) in [5.41, 5.74) is 1.67. The molecule has 34 heavy (non-hydrogen) atoms. The van der Waals surface area contributed by atoms with Gasteiger partial charge >= 0.3 is 12.1 Å². The zero-order valence-electron chi connectivity index (χ0n) is 18.6. The number of hydrogen-bond donors (Lipinski definition) is 1. The first-order valence-electron chi connectivity index (χ1n) is 10.8. The Morgan fingerprint density at radius 2 is 1.91 bits per heavy atom. The summed E-state index contributed by atoms with van der Waals surface area (Å²) >= 11 is 1.49. The van der Waals surface area contributed by atoms with Crippen LogP contribution < -0.4 is 4.74 Å². The van der Waals surface area contributed by atoms with E-state index in [-0.39, 0.29) is 12.6 Å². The summed E-state index contributed by atoms with van der Waals surface area (Å²) in [5.74, 6) is -0.235. The number of alkyl halides is 3. The lowest BCUT2D eigenvalue weighted by atomic mass is 10.1. The van der Waals surface area contributed by atoms with Crippen molar-refractivity contribution in [1.82, 2.24) is 9.55 Å². The molecule has 2 aromatic carbocycles. The van der Waals surface area contributed by atoms with Gasteiger partial charge in [0.05, 0.1) is 11.3 Å². The van der Waals surface area contributed by atoms with Gasteiger partial charge in [0.2, 0.25) is 0 Å². The monoisotopic (exact) mass is 488 g/mol. The number of thiazole rings is 1. The van der Waals surface area contributed by atoms with Crippen LogP contribution in [0, 0.1) is 0 Å². The number of nitrogens with zero attached hydrogens (tertiary/aromatic N) is 2. The highest BCUT2D eigenvalue weighted by Gasteiger charge is 2.30. The highest BCUT2D eigenvalue weighted by molar-refractivity contribution is 7.15. The standard InChI is InChI=1S/C25H23F3N2O3S/c1-3-22-20(29-24(34-22)16-4-6-18(7-5-16)25(26,27)28)12-15(2)33-19-8-9-21-17(13-19)10-11-30(21)14-23(31)32/h4-11,13,15H,3,12,14H2,1-2H3,(H,31,32). The molecule has 2 aromatic heterocycles. The molecular weight excluding hydrogens is 465 g/mol. The molecule has 0 aliphatic carbocycles. The average molecular weight is 489 g/mol. The van der Waals surface area contributed by atoms with Crippen LogP contribution in [-0.2, 0) is 30.4 Å². The van der Waals surface area contributed by atoms with Crippen LogP contribution >= 0.6 is 11.3 Å². The first-order chi connectivity index (χ1) is 16.1. The predicted molar refractivity (Wildman–Crippen MR) is 125 cm³/mol. The Balaban J connectivity index is 1.48. The zero-order valence-corrected chi connectivity index (χ0v) is 19.4. The Hall–Kier alpha value is -3.33. The zero-order chi connectivity index (χ0) is 24.5. The van der Waals surface area contributed by atoms with Gasteiger partial charge in [0.25, 0.3) is 0 Å². The van der Waals surface area contributed by atoms with E-state index in [0.717, 1.165) is 40.0 Å². The summed E-state index contributed by atoms with van der Waals surface area (Å²) in [6, 6.07) is 12.4. The third-order valence-corrected chi connectivity index (χ3v) is 6.72. The van der Waals surface area contributed by atoms with Crippen LogP contribution in [0.1, 0.15) is 30.0 Å². The summed E-state index contributed by atoms with van der Waals surface area (Å²) in [6.07, 6.45) is -1.50. The van der Waals surface area contributed by atoms with Crippen LogP contribution in [0.25, 0.3) is 21.5 Å². The quantitative estimate of drug-likeness (QED) is 0.310. The topological polar surface area (TPSA) is 64.4 Å². The van der Waals surface area contributed by atoms with Crippen LogP contribution in [0.3, 0.4) is 0 Å². The van der Waals surface area contributed by atoms with Crippen molar-refractivity contribution in [3.05, 3.63) is 70.9 Å². The van der Waals surface area contributed by atoms with E-state index in [0.29, 0.717) is 22.7 Å². The molecule has 0 amide bonds. The number of hydrogen-bond acceptors (Lipinski definition) is 4. The van der Waals surface area contributed by atoms with E-state index in [2.05, 4.69) is 0 Å². The highest BCUT2D eigenvalue weighted by atomic mass is 32.1. The third-order valence-electron chi connectivity index (χ3n) is 5.42. The number of carboxylic acids is 1. The fourth-order valence-corrected chi connectivity index (χ4v) is 4.86. The molecule has 1 unspecified atom stereocenters. The smallest absolute Gasteiger partial charge is 0.416 e. The number of ether oxygens (including phenoxy) is 1. The minimum Gasteiger partial charge on any atom is -0.490 e. The van der Waals surface area contributed by atoms with Crippen LogP contribution in [-0.4, -0.2) is 26.7 Å². The number of rotatable bonds is 8. The van der Waals surface area contributed by atoms with Crippen molar-refractivity contribution in [1.29, 1.82) is 0 Å². The van der Waals surface area contributed by atoms with Gasteiger partial charge in [0.15, 0.2) is 0 Å². The fourth-order valence-electron chi connectivity index (χ4n) is 3.83. The molecule has 0 aliphatic heterocycles. The molecule has 2 heterocycles. The maximum Gasteiger partial charge on any atom is 0.416 e. The van der Waals surface area contributed by atoms with E-state index in [1.165, 1.54) is 23.5 Å². The molecule has 0 aliphatic rings. The molecule has 1 atom stereocenters. The van der Waals surface area contributed by atoms with Crippen LogP contribution in [0.15, 0.2) is 54.7 Å². The van der Waals surface area contributed by atoms with Gasteiger partial charge in [-0.3, -0.25) is 4.79 Å². The van der Waals surface area contributed by atoms with Crippen molar-refractivity contribution >= 4 is 28.2 Å². The van der Waals surface area contributed by atoms with Crippen molar-refractivity contribution < 1.29 is 27.8 Å². The van der Waals surface area contributed by atoms with Gasteiger partial charge in [-0.2, -0.15) is 13.2 Å². The fraction of sp³-hybridized carbons (Fsp3) is 0.280. The summed E-state index contributed by atoms with van der Waals surface area (Å²) in [5, 5.41) is 10.6. The molecule has 5 nitrogen and oxygen atoms in total. The van der Waals surface area contributed by atoms with E-state index in [9.17, 15) is 18.0 Å². The summed E-state index contributed by atoms with van der Waals surface area (Å²) in [7, 11) is 0. The number of aryl methyl sites for hydroxylation is 1. The minimum atomic E-state index is -4.37. The Bertz CT molecular complexity index is 1310. The Morgan fingerprint density at radius 3 is 2.56 bits per heavy atom. The molecule has 0 saturated carbocycles. The second-order valence-corrected chi connectivity index (χ2v) is 9.09. The number of halogens is 3. The first-order valence-corrected chi connectivity index (χ1v) is 11.6. The van der Waals surface area contributed by atoms with E-state index in [4.69, 9.17) is 14.8 Å². The number of fused-ring (bicyclic) bond motifs is 1. The lowest BCUT2D eigenvalue weighted by Crippen LogP contribution is -2.16. The Morgan fingerprint density at radius 1 is 1.18 bits per heavy atom. The van der Waals surface area contributed by atoms with Gasteiger partial charge in [-0.25, -0.2) is 4.98 Å². The van der Waals surface area contributed by atoms with Crippen molar-refractivity contribution in [3.63, 3.8) is 0 Å². The normalized spacial score (nSPS) is 12.7. The van der Waals surface area contributed by atoms with Crippen molar-refractivity contribution in [2.24, 2.45) is 0 Å². The molecular formula is C25H23F3N2O3S. The molecule has 0 bridgehead atoms. The maximum absolute atomic E-state index is 12.9. The number of aliphatic carboxylic acids is 1. The van der Waals surface area contributed by atoms with Gasteiger partial charge < -0.3 is 14.4 Å². The van der Waals surface area contributed by atoms with E-state index in [1.54, 1.807) is 10.8 Å². The van der Waals surface area contributed by atoms with Gasteiger partial charge in [-0.15, -0.1) is 11.3 Å². The number of carbonyl (C=O) groups is 1. The summed E-state index contributed by atoms with van der Waals surface area (Å²) in [6.45, 7) is 3.86. The molecule has 0 radical (unpaired) electrons. The van der Waals surface area contributed by atoms with Crippen molar-refractivity contribution in [3.8, 4) is 16.3 Å². The first kappa shape index (κ1) is 23.8. The second kappa shape index (κ2) is 9.50. The molecule has 0 spiro atoms. The van der Waals surface area contributed by atoms with Gasteiger partial charge in [0, 0.05) is 34.0 Å². The average Bonchev–Trinajstić information content (AvgIpc) is 3.36.